The lowest BCUT2D eigenvalue weighted by molar-refractivity contribution is 0.372. The van der Waals surface area contributed by atoms with Gasteiger partial charge in [-0.1, -0.05) is 0 Å². The Labute approximate surface area is 43.1 Å². The van der Waals surface area contributed by atoms with Crippen LogP contribution in [0.15, 0.2) is 0 Å². The summed E-state index contributed by atoms with van der Waals surface area (Å²) in [7, 11) is -1.13. The molecule has 0 aromatic carbocycles. The Balaban J connectivity index is 2.14. The summed E-state index contributed by atoms with van der Waals surface area (Å²) >= 11 is 0. The van der Waals surface area contributed by atoms with Crippen molar-refractivity contribution in [3.05, 3.63) is 0 Å². The molecule has 3 heteroatoms. The Morgan fingerprint density at radius 2 is 2.00 bits per heavy atom. The quantitative estimate of drug-likeness (QED) is 0.332. The number of hydrogen-bond acceptors (Lipinski definition) is 2. The molecule has 0 saturated carbocycles. The molecule has 7 heavy (non-hydrogen) atoms. The molecule has 2 saturated heterocycles. The fourth-order valence-electron chi connectivity index (χ4n) is 1.07. The predicted octanol–water partition coefficient (Wildman–Crippen LogP) is 0.189. The molecule has 2 aliphatic rings. The number of hydrogen-bond donors (Lipinski definition) is 0. The molecule has 0 aromatic heterocycles. The molecule has 2 unspecified atom stereocenters. The van der Waals surface area contributed by atoms with E-state index < -0.39 is 8.68 Å². The SMILES string of the molecule is O=[Si]1CC2OC2C1. The Kier molecular flexibility index (Phi) is 0.577. The van der Waals surface area contributed by atoms with E-state index in [1.54, 1.807) is 0 Å². The fraction of sp³-hybridized carbons (Fsp3) is 1.00. The molecular weight excluding hydrogens is 108 g/mol. The van der Waals surface area contributed by atoms with Gasteiger partial charge in [0.25, 0.3) is 8.68 Å². The molecule has 2 heterocycles. The van der Waals surface area contributed by atoms with Crippen molar-refractivity contribution in [2.24, 2.45) is 0 Å². The van der Waals surface area contributed by atoms with Gasteiger partial charge in [0.1, 0.15) is 0 Å². The van der Waals surface area contributed by atoms with Gasteiger partial charge >= 0.3 is 0 Å². The maximum absolute atomic E-state index is 10.6. The maximum Gasteiger partial charge on any atom is 0.282 e. The van der Waals surface area contributed by atoms with Crippen molar-refractivity contribution < 1.29 is 9.20 Å². The van der Waals surface area contributed by atoms with E-state index in [2.05, 4.69) is 0 Å². The van der Waals surface area contributed by atoms with E-state index >= 15 is 0 Å². The van der Waals surface area contributed by atoms with Crippen LogP contribution in [-0.2, 0) is 9.20 Å². The fourth-order valence-corrected chi connectivity index (χ4v) is 2.85. The summed E-state index contributed by atoms with van der Waals surface area (Å²) in [6.07, 6.45) is 0.845. The second-order valence-corrected chi connectivity index (χ2v) is 4.05. The van der Waals surface area contributed by atoms with Gasteiger partial charge in [-0.25, -0.2) is 0 Å². The van der Waals surface area contributed by atoms with Gasteiger partial charge in [-0.3, -0.25) is 0 Å². The normalized spacial score (nSPS) is 46.6. The highest BCUT2D eigenvalue weighted by atomic mass is 28.3. The second kappa shape index (κ2) is 1.03. The molecular formula is C4H6O2Si. The van der Waals surface area contributed by atoms with Gasteiger partial charge in [0.15, 0.2) is 0 Å². The van der Waals surface area contributed by atoms with Gasteiger partial charge in [-0.2, -0.15) is 0 Å². The average Bonchev–Trinajstić information content (AvgIpc) is 2.15. The third kappa shape index (κ3) is 0.484. The van der Waals surface area contributed by atoms with Crippen molar-refractivity contribution in [1.82, 2.24) is 0 Å². The molecule has 2 aliphatic heterocycles. The summed E-state index contributed by atoms with van der Waals surface area (Å²) in [5.74, 6) is 0. The summed E-state index contributed by atoms with van der Waals surface area (Å²) in [5, 5.41) is 0. The lowest BCUT2D eigenvalue weighted by Crippen LogP contribution is -1.94. The second-order valence-electron chi connectivity index (χ2n) is 2.16. The zero-order chi connectivity index (χ0) is 4.85. The first kappa shape index (κ1) is 3.92. The van der Waals surface area contributed by atoms with E-state index in [9.17, 15) is 4.46 Å². The summed E-state index contributed by atoms with van der Waals surface area (Å²) < 4.78 is 15.6. The van der Waals surface area contributed by atoms with Crippen LogP contribution in [0.5, 0.6) is 0 Å². The van der Waals surface area contributed by atoms with Crippen LogP contribution in [0.25, 0.3) is 0 Å². The standard InChI is InChI=1S/C4H6O2Si/c5-7-1-3-4(2-7)6-3/h3-4H,1-2H2. The number of epoxide rings is 1. The molecule has 2 rings (SSSR count). The van der Waals surface area contributed by atoms with Crippen molar-refractivity contribution in [2.45, 2.75) is 24.3 Å². The highest BCUT2D eigenvalue weighted by Crippen LogP contribution is 2.36. The van der Waals surface area contributed by atoms with Crippen molar-refractivity contribution >= 4 is 8.68 Å². The molecule has 0 spiro atoms. The van der Waals surface area contributed by atoms with Gasteiger partial charge in [0.05, 0.1) is 12.2 Å². The molecule has 0 bridgehead atoms. The summed E-state index contributed by atoms with van der Waals surface area (Å²) in [6, 6.07) is 1.74. The number of ether oxygens (including phenoxy) is 1. The van der Waals surface area contributed by atoms with E-state index in [-0.39, 0.29) is 0 Å². The highest BCUT2D eigenvalue weighted by Gasteiger charge is 2.48. The Morgan fingerprint density at radius 3 is 2.29 bits per heavy atom. The minimum absolute atomic E-state index is 0.423. The van der Waals surface area contributed by atoms with Crippen LogP contribution in [0.3, 0.4) is 0 Å². The van der Waals surface area contributed by atoms with Gasteiger partial charge in [0, 0.05) is 12.1 Å². The molecule has 0 N–H and O–H groups in total. The third-order valence-electron chi connectivity index (χ3n) is 1.55. The predicted molar refractivity (Wildman–Crippen MR) is 24.7 cm³/mol. The first-order valence-electron chi connectivity index (χ1n) is 2.53. The van der Waals surface area contributed by atoms with Crippen molar-refractivity contribution in [1.29, 1.82) is 0 Å². The molecule has 0 radical (unpaired) electrons. The minimum atomic E-state index is -1.13. The van der Waals surface area contributed by atoms with Crippen molar-refractivity contribution in [3.8, 4) is 0 Å². The van der Waals surface area contributed by atoms with Crippen LogP contribution in [0, 0.1) is 0 Å². The molecule has 38 valence electrons. The zero-order valence-electron chi connectivity index (χ0n) is 3.89. The molecule has 0 aromatic rings. The topological polar surface area (TPSA) is 29.6 Å². The van der Waals surface area contributed by atoms with Crippen molar-refractivity contribution in [3.63, 3.8) is 0 Å². The van der Waals surface area contributed by atoms with Crippen LogP contribution >= 0.6 is 0 Å². The monoisotopic (exact) mass is 114 g/mol. The maximum atomic E-state index is 10.6. The third-order valence-corrected chi connectivity index (χ3v) is 3.26. The lowest BCUT2D eigenvalue weighted by Gasteiger charge is -1.80. The summed E-state index contributed by atoms with van der Waals surface area (Å²) in [6.45, 7) is 0. The van der Waals surface area contributed by atoms with Crippen LogP contribution < -0.4 is 0 Å². The number of fused-ring (bicyclic) bond motifs is 1. The Morgan fingerprint density at radius 1 is 1.43 bits per heavy atom. The molecule has 2 fully saturated rings. The van der Waals surface area contributed by atoms with Gasteiger partial charge in [0.2, 0.25) is 0 Å². The largest absolute Gasteiger partial charge is 0.388 e. The molecule has 0 amide bonds. The van der Waals surface area contributed by atoms with E-state index in [1.807, 2.05) is 0 Å². The van der Waals surface area contributed by atoms with Gasteiger partial charge in [-0.05, 0) is 0 Å². The lowest BCUT2D eigenvalue weighted by atomic mass is 10.4. The van der Waals surface area contributed by atoms with Gasteiger partial charge in [-0.15, -0.1) is 0 Å². The summed E-state index contributed by atoms with van der Waals surface area (Å²) in [5.41, 5.74) is 0. The van der Waals surface area contributed by atoms with E-state index in [1.165, 1.54) is 0 Å². The Bertz CT molecular complexity index is 111. The van der Waals surface area contributed by atoms with E-state index in [0.717, 1.165) is 12.1 Å². The first-order valence-corrected chi connectivity index (χ1v) is 4.35. The van der Waals surface area contributed by atoms with Crippen LogP contribution in [0.1, 0.15) is 0 Å². The van der Waals surface area contributed by atoms with Crippen LogP contribution in [-0.4, -0.2) is 20.9 Å². The minimum Gasteiger partial charge on any atom is -0.388 e. The van der Waals surface area contributed by atoms with E-state index in [4.69, 9.17) is 4.74 Å². The molecule has 0 aliphatic carbocycles. The Hall–Kier alpha value is -0.0231. The van der Waals surface area contributed by atoms with Gasteiger partial charge < -0.3 is 9.20 Å². The van der Waals surface area contributed by atoms with Crippen LogP contribution in [0.4, 0.5) is 0 Å². The smallest absolute Gasteiger partial charge is 0.282 e. The highest BCUT2D eigenvalue weighted by molar-refractivity contribution is 6.44. The average molecular weight is 114 g/mol. The summed E-state index contributed by atoms with van der Waals surface area (Å²) in [4.78, 5) is 0. The van der Waals surface area contributed by atoms with Crippen molar-refractivity contribution in [2.75, 3.05) is 0 Å². The molecule has 2 atom stereocenters. The zero-order valence-corrected chi connectivity index (χ0v) is 4.89. The van der Waals surface area contributed by atoms with E-state index in [0.29, 0.717) is 12.2 Å². The van der Waals surface area contributed by atoms with Crippen LogP contribution in [0.2, 0.25) is 12.1 Å². The first-order chi connectivity index (χ1) is 3.36. The molecule has 2 nitrogen and oxygen atoms in total. The number of rotatable bonds is 0.